The van der Waals surface area contributed by atoms with Crippen LogP contribution in [-0.4, -0.2) is 52.4 Å². The number of aromatic nitrogens is 2. The fourth-order valence-electron chi connectivity index (χ4n) is 3.96. The van der Waals surface area contributed by atoms with Crippen LogP contribution in [0.4, 0.5) is 5.69 Å². The first-order chi connectivity index (χ1) is 15.4. The zero-order chi connectivity index (χ0) is 23.1. The number of hydrogen-bond acceptors (Lipinski definition) is 5. The number of nitrogens with zero attached hydrogens (tertiary/aromatic N) is 5. The number of carbonyl (C=O) groups is 2. The van der Waals surface area contributed by atoms with Crippen molar-refractivity contribution >= 4 is 17.5 Å². The largest absolute Gasteiger partial charge is 0.364 e. The van der Waals surface area contributed by atoms with Crippen molar-refractivity contribution in [3.8, 4) is 6.07 Å². The monoisotopic (exact) mass is 436 g/mol. The summed E-state index contributed by atoms with van der Waals surface area (Å²) in [7, 11) is 1.96. The van der Waals surface area contributed by atoms with Gasteiger partial charge in [0.05, 0.1) is 30.2 Å². The summed E-state index contributed by atoms with van der Waals surface area (Å²) in [5.41, 5.74) is 2.66. The summed E-state index contributed by atoms with van der Waals surface area (Å²) in [6.07, 6.45) is 5.02. The summed E-state index contributed by atoms with van der Waals surface area (Å²) in [5.74, 6) is 0.165. The molecule has 32 heavy (non-hydrogen) atoms. The highest BCUT2D eigenvalue weighted by molar-refractivity contribution is 5.80. The molecule has 1 aliphatic heterocycles. The van der Waals surface area contributed by atoms with Crippen LogP contribution in [0.5, 0.6) is 0 Å². The first-order valence-electron chi connectivity index (χ1n) is 11.2. The normalized spacial score (nSPS) is 14.3. The molecule has 8 nitrogen and oxygen atoms in total. The molecule has 1 aromatic carbocycles. The lowest BCUT2D eigenvalue weighted by molar-refractivity contribution is -0.138. The summed E-state index contributed by atoms with van der Waals surface area (Å²) in [6.45, 7) is 6.90. The number of rotatable bonds is 8. The Kier molecular flexibility index (Phi) is 7.87. The van der Waals surface area contributed by atoms with E-state index in [1.807, 2.05) is 48.7 Å². The number of benzene rings is 1. The van der Waals surface area contributed by atoms with Gasteiger partial charge in [-0.15, -0.1) is 0 Å². The Morgan fingerprint density at radius 1 is 1.25 bits per heavy atom. The summed E-state index contributed by atoms with van der Waals surface area (Å²) < 4.78 is 1.97. The molecule has 8 heteroatoms. The maximum Gasteiger partial charge on any atom is 0.225 e. The van der Waals surface area contributed by atoms with E-state index >= 15 is 0 Å². The van der Waals surface area contributed by atoms with Crippen molar-refractivity contribution in [1.29, 1.82) is 5.26 Å². The van der Waals surface area contributed by atoms with Crippen LogP contribution in [-0.2, 0) is 23.2 Å². The van der Waals surface area contributed by atoms with Crippen molar-refractivity contribution in [2.24, 2.45) is 18.9 Å². The van der Waals surface area contributed by atoms with Crippen LogP contribution in [0.1, 0.15) is 37.9 Å². The average molecular weight is 437 g/mol. The van der Waals surface area contributed by atoms with Gasteiger partial charge in [-0.1, -0.05) is 13.8 Å². The second kappa shape index (κ2) is 10.8. The molecule has 0 bridgehead atoms. The molecule has 0 aliphatic carbocycles. The van der Waals surface area contributed by atoms with Crippen LogP contribution in [0.15, 0.2) is 36.8 Å². The number of aryl methyl sites for hydroxylation is 1. The quantitative estimate of drug-likeness (QED) is 0.685. The number of amides is 2. The average Bonchev–Trinajstić information content (AvgIpc) is 3.22. The van der Waals surface area contributed by atoms with Crippen molar-refractivity contribution in [3.63, 3.8) is 0 Å². The lowest BCUT2D eigenvalue weighted by Gasteiger charge is -2.32. The molecule has 0 spiro atoms. The van der Waals surface area contributed by atoms with Crippen molar-refractivity contribution in [2.45, 2.75) is 33.2 Å². The van der Waals surface area contributed by atoms with Crippen molar-refractivity contribution < 1.29 is 9.59 Å². The highest BCUT2D eigenvalue weighted by atomic mass is 16.2. The third-order valence-corrected chi connectivity index (χ3v) is 5.98. The van der Waals surface area contributed by atoms with Crippen LogP contribution in [0.3, 0.4) is 0 Å². The van der Waals surface area contributed by atoms with Gasteiger partial charge in [-0.25, -0.2) is 4.98 Å². The summed E-state index contributed by atoms with van der Waals surface area (Å²) in [5, 5.41) is 12.1. The first-order valence-corrected chi connectivity index (χ1v) is 11.2. The number of nitrogens with one attached hydrogen (secondary N) is 1. The van der Waals surface area contributed by atoms with Gasteiger partial charge in [0.25, 0.3) is 0 Å². The molecule has 2 heterocycles. The van der Waals surface area contributed by atoms with Crippen molar-refractivity contribution in [1.82, 2.24) is 19.8 Å². The summed E-state index contributed by atoms with van der Waals surface area (Å²) in [4.78, 5) is 33.1. The van der Waals surface area contributed by atoms with Crippen LogP contribution in [0.25, 0.3) is 0 Å². The Hall–Kier alpha value is -3.34. The van der Waals surface area contributed by atoms with Crippen molar-refractivity contribution in [3.05, 3.63) is 48.0 Å². The molecule has 0 radical (unpaired) electrons. The number of likely N-dealkylation sites (tertiary alicyclic amines) is 1. The zero-order valence-corrected chi connectivity index (χ0v) is 19.1. The van der Waals surface area contributed by atoms with Crippen LogP contribution in [0.2, 0.25) is 0 Å². The SMILES string of the molecule is CC(C)C(=O)N1CCC(C(=O)NCCN(Cc2cncn2C)c2ccc(C#N)cc2)CC1. The second-order valence-corrected chi connectivity index (χ2v) is 8.62. The zero-order valence-electron chi connectivity index (χ0n) is 19.1. The minimum atomic E-state index is -0.0494. The Morgan fingerprint density at radius 2 is 1.94 bits per heavy atom. The Morgan fingerprint density at radius 3 is 2.50 bits per heavy atom. The Bertz CT molecular complexity index is 952. The molecule has 1 saturated heterocycles. The van der Waals surface area contributed by atoms with Gasteiger partial charge in [-0.3, -0.25) is 9.59 Å². The second-order valence-electron chi connectivity index (χ2n) is 8.62. The van der Waals surface area contributed by atoms with Gasteiger partial charge in [0.15, 0.2) is 0 Å². The molecule has 0 unspecified atom stereocenters. The minimum absolute atomic E-state index is 0.00647. The van der Waals surface area contributed by atoms with Crippen LogP contribution in [0, 0.1) is 23.2 Å². The van der Waals surface area contributed by atoms with E-state index in [-0.39, 0.29) is 23.7 Å². The van der Waals surface area contributed by atoms with Gasteiger partial charge in [-0.2, -0.15) is 5.26 Å². The molecule has 1 aliphatic rings. The van der Waals surface area contributed by atoms with E-state index in [0.29, 0.717) is 51.1 Å². The molecule has 2 aromatic rings. The number of piperidine rings is 1. The van der Waals surface area contributed by atoms with E-state index in [9.17, 15) is 9.59 Å². The molecule has 1 N–H and O–H groups in total. The number of imidazole rings is 1. The molecule has 1 fully saturated rings. The van der Waals surface area contributed by atoms with E-state index in [0.717, 1.165) is 11.4 Å². The van der Waals surface area contributed by atoms with Gasteiger partial charge < -0.3 is 19.7 Å². The van der Waals surface area contributed by atoms with Crippen molar-refractivity contribution in [2.75, 3.05) is 31.1 Å². The molecular formula is C24H32N6O2. The first kappa shape index (κ1) is 23.3. The Balaban J connectivity index is 1.55. The van der Waals surface area contributed by atoms with Gasteiger partial charge in [0.2, 0.25) is 11.8 Å². The predicted molar refractivity (Wildman–Crippen MR) is 123 cm³/mol. The predicted octanol–water partition coefficient (Wildman–Crippen LogP) is 2.31. The maximum absolute atomic E-state index is 12.7. The summed E-state index contributed by atoms with van der Waals surface area (Å²) in [6, 6.07) is 9.61. The number of nitriles is 1. The highest BCUT2D eigenvalue weighted by Gasteiger charge is 2.28. The minimum Gasteiger partial charge on any atom is -0.364 e. The molecular weight excluding hydrogens is 404 g/mol. The van der Waals surface area contributed by atoms with Gasteiger partial charge >= 0.3 is 0 Å². The molecule has 0 atom stereocenters. The lowest BCUT2D eigenvalue weighted by Crippen LogP contribution is -2.45. The van der Waals surface area contributed by atoms with E-state index in [1.54, 1.807) is 18.5 Å². The fraction of sp³-hybridized carbons (Fsp3) is 0.500. The summed E-state index contributed by atoms with van der Waals surface area (Å²) >= 11 is 0. The van der Waals surface area contributed by atoms with Crippen LogP contribution >= 0.6 is 0 Å². The topological polar surface area (TPSA) is 94.3 Å². The third kappa shape index (κ3) is 5.88. The Labute approximate surface area is 189 Å². The van der Waals surface area contributed by atoms with E-state index < -0.39 is 0 Å². The molecule has 2 amide bonds. The maximum atomic E-state index is 12.7. The fourth-order valence-corrected chi connectivity index (χ4v) is 3.96. The van der Waals surface area contributed by atoms with Gasteiger partial charge in [-0.05, 0) is 37.1 Å². The third-order valence-electron chi connectivity index (χ3n) is 5.98. The molecule has 0 saturated carbocycles. The molecule has 3 rings (SSSR count). The lowest BCUT2D eigenvalue weighted by atomic mass is 9.95. The smallest absolute Gasteiger partial charge is 0.225 e. The standard InChI is InChI=1S/C24H32N6O2/c1-18(2)24(32)29-11-8-20(9-12-29)23(31)27-10-13-30(16-22-15-26-17-28(22)3)21-6-4-19(14-25)5-7-21/h4-7,15,17-18,20H,8-13,16H2,1-3H3,(H,27,31). The number of carbonyl (C=O) groups excluding carboxylic acids is 2. The highest BCUT2D eigenvalue weighted by Crippen LogP contribution is 2.20. The van der Waals surface area contributed by atoms with E-state index in [2.05, 4.69) is 21.3 Å². The molecule has 1 aromatic heterocycles. The van der Waals surface area contributed by atoms with Gasteiger partial charge in [0, 0.05) is 56.9 Å². The number of hydrogen-bond donors (Lipinski definition) is 1. The van der Waals surface area contributed by atoms with E-state index in [1.165, 1.54) is 0 Å². The molecule has 170 valence electrons. The van der Waals surface area contributed by atoms with Gasteiger partial charge in [0.1, 0.15) is 0 Å². The van der Waals surface area contributed by atoms with E-state index in [4.69, 9.17) is 5.26 Å². The number of anilines is 1. The van der Waals surface area contributed by atoms with Crippen LogP contribution < -0.4 is 10.2 Å².